The van der Waals surface area contributed by atoms with Crippen molar-refractivity contribution in [2.24, 2.45) is 0 Å². The first-order chi connectivity index (χ1) is 12.2. The highest BCUT2D eigenvalue weighted by atomic mass is 32.2. The van der Waals surface area contributed by atoms with Crippen LogP contribution in [-0.4, -0.2) is 40.5 Å². The molecule has 4 rings (SSSR count). The number of nitrogens with zero attached hydrogens (tertiary/aromatic N) is 1. The molecule has 136 valence electrons. The number of carbonyl (C=O) groups is 1. The fourth-order valence-corrected chi connectivity index (χ4v) is 6.53. The number of fused-ring (bicyclic) bond motifs is 3. The number of aliphatic carboxylic acids is 1. The highest BCUT2D eigenvalue weighted by molar-refractivity contribution is 8.02. The van der Waals surface area contributed by atoms with Crippen molar-refractivity contribution in [3.05, 3.63) is 42.5 Å². The first-order valence-corrected chi connectivity index (χ1v) is 10.4. The fourth-order valence-electron chi connectivity index (χ4n) is 3.36. The van der Waals surface area contributed by atoms with Crippen molar-refractivity contribution < 1.29 is 22.7 Å². The van der Waals surface area contributed by atoms with Gasteiger partial charge in [0.05, 0.1) is 10.8 Å². The van der Waals surface area contributed by atoms with Gasteiger partial charge in [-0.1, -0.05) is 18.2 Å². The van der Waals surface area contributed by atoms with E-state index in [0.717, 1.165) is 15.1 Å². The molecule has 3 aromatic rings. The zero-order valence-electron chi connectivity index (χ0n) is 14.2. The van der Waals surface area contributed by atoms with Crippen molar-refractivity contribution in [1.82, 2.24) is 4.31 Å². The van der Waals surface area contributed by atoms with Gasteiger partial charge in [0.1, 0.15) is 17.2 Å². The number of thioether (sulfide) groups is 1. The second kappa shape index (κ2) is 5.73. The van der Waals surface area contributed by atoms with E-state index in [1.807, 2.05) is 24.3 Å². The van der Waals surface area contributed by atoms with Gasteiger partial charge in [0, 0.05) is 21.6 Å². The molecule has 2 aromatic carbocycles. The minimum absolute atomic E-state index is 0.0357. The Kier molecular flexibility index (Phi) is 3.83. The van der Waals surface area contributed by atoms with Crippen molar-refractivity contribution >= 4 is 49.7 Å². The second-order valence-corrected chi connectivity index (χ2v) is 10.3. The molecule has 0 radical (unpaired) electrons. The van der Waals surface area contributed by atoms with Crippen LogP contribution in [0.5, 0.6) is 0 Å². The lowest BCUT2D eigenvalue weighted by Gasteiger charge is -2.27. The summed E-state index contributed by atoms with van der Waals surface area (Å²) in [6, 6.07) is 11.0. The number of rotatable bonds is 3. The van der Waals surface area contributed by atoms with Crippen LogP contribution in [0.25, 0.3) is 21.9 Å². The minimum Gasteiger partial charge on any atom is -0.480 e. The molecule has 0 amide bonds. The minimum atomic E-state index is -3.96. The van der Waals surface area contributed by atoms with Crippen LogP contribution >= 0.6 is 11.8 Å². The number of para-hydroxylation sites is 1. The van der Waals surface area contributed by atoms with Crippen LogP contribution in [0.1, 0.15) is 13.8 Å². The number of furan rings is 1. The van der Waals surface area contributed by atoms with E-state index < -0.39 is 26.8 Å². The zero-order valence-corrected chi connectivity index (χ0v) is 15.8. The lowest BCUT2D eigenvalue weighted by molar-refractivity contribution is -0.141. The molecule has 0 spiro atoms. The molecule has 8 heteroatoms. The van der Waals surface area contributed by atoms with Gasteiger partial charge in [0.15, 0.2) is 0 Å². The Morgan fingerprint density at radius 1 is 1.19 bits per heavy atom. The molecule has 0 unspecified atom stereocenters. The van der Waals surface area contributed by atoms with Gasteiger partial charge in [0.25, 0.3) is 0 Å². The normalized spacial score (nSPS) is 20.8. The first-order valence-electron chi connectivity index (χ1n) is 8.02. The van der Waals surface area contributed by atoms with E-state index >= 15 is 0 Å². The number of sulfonamides is 1. The van der Waals surface area contributed by atoms with Crippen LogP contribution in [0.2, 0.25) is 0 Å². The molecule has 1 fully saturated rings. The highest BCUT2D eigenvalue weighted by Crippen LogP contribution is 2.42. The first kappa shape index (κ1) is 17.4. The highest BCUT2D eigenvalue weighted by Gasteiger charge is 2.51. The van der Waals surface area contributed by atoms with Crippen LogP contribution in [0.15, 0.2) is 51.8 Å². The molecule has 0 bridgehead atoms. The molecule has 0 aliphatic carbocycles. The maximum absolute atomic E-state index is 13.1. The largest absolute Gasteiger partial charge is 0.480 e. The van der Waals surface area contributed by atoms with E-state index in [2.05, 4.69) is 0 Å². The quantitative estimate of drug-likeness (QED) is 0.735. The number of hydrogen-bond acceptors (Lipinski definition) is 5. The fraction of sp³-hybridized carbons (Fsp3) is 0.278. The zero-order chi connectivity index (χ0) is 18.7. The third-order valence-electron chi connectivity index (χ3n) is 4.70. The van der Waals surface area contributed by atoms with Crippen LogP contribution in [-0.2, 0) is 14.8 Å². The van der Waals surface area contributed by atoms with Crippen LogP contribution in [0.3, 0.4) is 0 Å². The summed E-state index contributed by atoms with van der Waals surface area (Å²) in [6.45, 7) is 3.49. The SMILES string of the molecule is CC1(C)SCN(S(=O)(=O)c2ccc3c(c2)oc2ccccc23)[C@@H]1C(=O)O. The second-order valence-electron chi connectivity index (χ2n) is 6.77. The van der Waals surface area contributed by atoms with E-state index in [4.69, 9.17) is 4.42 Å². The summed E-state index contributed by atoms with van der Waals surface area (Å²) in [5.41, 5.74) is 1.14. The molecule has 6 nitrogen and oxygen atoms in total. The third-order valence-corrected chi connectivity index (χ3v) is 8.05. The predicted molar refractivity (Wildman–Crippen MR) is 101 cm³/mol. The number of carboxylic acid groups (broad SMARTS) is 1. The summed E-state index contributed by atoms with van der Waals surface area (Å²) < 4.78 is 32.3. The monoisotopic (exact) mass is 391 g/mol. The summed E-state index contributed by atoms with van der Waals surface area (Å²) in [7, 11) is -3.96. The molecule has 1 N–H and O–H groups in total. The lowest BCUT2D eigenvalue weighted by atomic mass is 10.0. The number of benzene rings is 2. The molecule has 2 heterocycles. The van der Waals surface area contributed by atoms with E-state index in [1.165, 1.54) is 23.9 Å². The molecular formula is C18H17NO5S2. The van der Waals surface area contributed by atoms with Gasteiger partial charge in [-0.05, 0) is 32.0 Å². The van der Waals surface area contributed by atoms with E-state index in [9.17, 15) is 18.3 Å². The predicted octanol–water partition coefficient (Wildman–Crippen LogP) is 3.51. The molecule has 0 saturated carbocycles. The van der Waals surface area contributed by atoms with E-state index in [1.54, 1.807) is 19.9 Å². The van der Waals surface area contributed by atoms with Gasteiger partial charge >= 0.3 is 5.97 Å². The summed E-state index contributed by atoms with van der Waals surface area (Å²) in [4.78, 5) is 11.7. The van der Waals surface area contributed by atoms with Gasteiger partial charge in [-0.2, -0.15) is 4.31 Å². The Balaban J connectivity index is 1.83. The topological polar surface area (TPSA) is 87.8 Å². The van der Waals surface area contributed by atoms with Gasteiger partial charge < -0.3 is 9.52 Å². The summed E-state index contributed by atoms with van der Waals surface area (Å²) in [6.07, 6.45) is 0. The van der Waals surface area contributed by atoms with E-state index in [-0.39, 0.29) is 10.8 Å². The Morgan fingerprint density at radius 2 is 1.88 bits per heavy atom. The summed E-state index contributed by atoms with van der Waals surface area (Å²) in [5, 5.41) is 11.3. The molecule has 26 heavy (non-hydrogen) atoms. The molecule has 1 aliphatic heterocycles. The van der Waals surface area contributed by atoms with Gasteiger partial charge in [-0.15, -0.1) is 11.8 Å². The molecule has 1 aliphatic rings. The van der Waals surface area contributed by atoms with Crippen LogP contribution in [0, 0.1) is 0 Å². The third kappa shape index (κ3) is 2.52. The Bertz CT molecular complexity index is 1130. The van der Waals surface area contributed by atoms with Gasteiger partial charge in [-0.3, -0.25) is 4.79 Å². The van der Waals surface area contributed by atoms with Gasteiger partial charge in [0.2, 0.25) is 10.0 Å². The number of carboxylic acids is 1. The molecule has 1 saturated heterocycles. The molecule has 1 atom stereocenters. The molecular weight excluding hydrogens is 374 g/mol. The number of hydrogen-bond donors (Lipinski definition) is 1. The van der Waals surface area contributed by atoms with Crippen LogP contribution in [0.4, 0.5) is 0 Å². The Labute approximate surface area is 154 Å². The van der Waals surface area contributed by atoms with Crippen molar-refractivity contribution in [1.29, 1.82) is 0 Å². The summed E-state index contributed by atoms with van der Waals surface area (Å²) >= 11 is 1.32. The molecule has 1 aromatic heterocycles. The van der Waals surface area contributed by atoms with Gasteiger partial charge in [-0.25, -0.2) is 8.42 Å². The van der Waals surface area contributed by atoms with Crippen molar-refractivity contribution in [3.8, 4) is 0 Å². The average Bonchev–Trinajstić information content (AvgIpc) is 3.11. The lowest BCUT2D eigenvalue weighted by Crippen LogP contribution is -2.48. The maximum Gasteiger partial charge on any atom is 0.323 e. The standard InChI is InChI=1S/C18H17NO5S2/c1-18(2)16(17(20)21)19(10-25-18)26(22,23)11-7-8-13-12-5-3-4-6-14(12)24-15(13)9-11/h3-9,16H,10H2,1-2H3,(H,20,21)/t16-/m1/s1. The Hall–Kier alpha value is -2.03. The maximum atomic E-state index is 13.1. The van der Waals surface area contributed by atoms with Crippen LogP contribution < -0.4 is 0 Å². The van der Waals surface area contributed by atoms with Crippen molar-refractivity contribution in [3.63, 3.8) is 0 Å². The average molecular weight is 391 g/mol. The summed E-state index contributed by atoms with van der Waals surface area (Å²) in [5.74, 6) is -1.04. The Morgan fingerprint density at radius 3 is 2.62 bits per heavy atom. The van der Waals surface area contributed by atoms with Crippen molar-refractivity contribution in [2.75, 3.05) is 5.88 Å². The van der Waals surface area contributed by atoms with E-state index in [0.29, 0.717) is 11.2 Å². The smallest absolute Gasteiger partial charge is 0.323 e. The van der Waals surface area contributed by atoms with Crippen molar-refractivity contribution in [2.45, 2.75) is 29.5 Å².